The summed E-state index contributed by atoms with van der Waals surface area (Å²) < 4.78 is 13.7. The van der Waals surface area contributed by atoms with E-state index < -0.39 is 0 Å². The van der Waals surface area contributed by atoms with Crippen molar-refractivity contribution in [2.75, 3.05) is 0 Å². The molecule has 0 nitrogen and oxygen atoms in total. The van der Waals surface area contributed by atoms with Crippen LogP contribution in [0.1, 0.15) is 0 Å². The molecule has 0 saturated heterocycles. The van der Waals surface area contributed by atoms with Crippen LogP contribution in [0.25, 0.3) is 11.1 Å². The number of halogens is 5. The van der Waals surface area contributed by atoms with Gasteiger partial charge in [-0.15, -0.1) is 0 Å². The minimum Gasteiger partial charge on any atom is -0.206 e. The van der Waals surface area contributed by atoms with Gasteiger partial charge in [-0.3, -0.25) is 0 Å². The molecular weight excluding hydrogens is 396 g/mol. The third-order valence-corrected chi connectivity index (χ3v) is 4.10. The first kappa shape index (κ1) is 13.4. The molecule has 2 rings (SSSR count). The molecule has 0 radical (unpaired) electrons. The molecule has 0 N–H and O–H groups in total. The maximum atomic E-state index is 13.2. The normalized spacial score (nSPS) is 10.6. The maximum absolute atomic E-state index is 13.2. The maximum Gasteiger partial charge on any atom is 0.136 e. The Kier molecular flexibility index (Phi) is 4.18. The van der Waals surface area contributed by atoms with Gasteiger partial charge < -0.3 is 0 Å². The summed E-state index contributed by atoms with van der Waals surface area (Å²) in [5, 5.41) is 1.31. The van der Waals surface area contributed by atoms with E-state index in [-0.39, 0.29) is 5.82 Å². The largest absolute Gasteiger partial charge is 0.206 e. The molecule has 2 aromatic rings. The lowest BCUT2D eigenvalue weighted by Gasteiger charge is -2.07. The summed E-state index contributed by atoms with van der Waals surface area (Å²) in [7, 11) is 0. The molecule has 0 aliphatic carbocycles. The van der Waals surface area contributed by atoms with Gasteiger partial charge in [0.1, 0.15) is 5.82 Å². The summed E-state index contributed by atoms with van der Waals surface area (Å²) in [6.45, 7) is 0. The van der Waals surface area contributed by atoms with Crippen LogP contribution in [0.5, 0.6) is 0 Å². The predicted octanol–water partition coefficient (Wildman–Crippen LogP) is 6.06. The Labute approximate surface area is 127 Å². The van der Waals surface area contributed by atoms with E-state index in [9.17, 15) is 4.39 Å². The Morgan fingerprint density at radius 1 is 0.882 bits per heavy atom. The molecule has 0 aliphatic rings. The average molecular weight is 401 g/mol. The van der Waals surface area contributed by atoms with Crippen molar-refractivity contribution in [3.8, 4) is 11.1 Å². The summed E-state index contributed by atoms with van der Waals surface area (Å²) >= 11 is 19.8. The van der Waals surface area contributed by atoms with Gasteiger partial charge in [-0.05, 0) is 52.4 Å². The fraction of sp³-hybridized carbons (Fsp3) is 0. The first-order valence-electron chi connectivity index (χ1n) is 4.59. The quantitative estimate of drug-likeness (QED) is 0.403. The first-order chi connectivity index (χ1) is 7.99. The van der Waals surface area contributed by atoms with Gasteiger partial charge >= 0.3 is 0 Å². The van der Waals surface area contributed by atoms with Crippen molar-refractivity contribution in [3.63, 3.8) is 0 Å². The van der Waals surface area contributed by atoms with Gasteiger partial charge in [-0.1, -0.05) is 40.9 Å². The van der Waals surface area contributed by atoms with E-state index in [4.69, 9.17) is 34.8 Å². The van der Waals surface area contributed by atoms with Crippen molar-refractivity contribution >= 4 is 57.4 Å². The minimum absolute atomic E-state index is 0.259. The lowest BCUT2D eigenvalue weighted by Crippen LogP contribution is -1.85. The first-order valence-corrected chi connectivity index (χ1v) is 6.80. The monoisotopic (exact) mass is 400 g/mol. The number of hydrogen-bond acceptors (Lipinski definition) is 0. The van der Waals surface area contributed by atoms with Crippen molar-refractivity contribution in [1.82, 2.24) is 0 Å². The molecule has 0 spiro atoms. The molecule has 0 amide bonds. The lowest BCUT2D eigenvalue weighted by atomic mass is 10.1. The SMILES string of the molecule is Fc1ccc(-c2cc(Cl)c(Cl)cc2Cl)cc1I. The van der Waals surface area contributed by atoms with Crippen molar-refractivity contribution in [2.24, 2.45) is 0 Å². The molecule has 0 bridgehead atoms. The highest BCUT2D eigenvalue weighted by Gasteiger charge is 2.09. The van der Waals surface area contributed by atoms with E-state index in [0.717, 1.165) is 11.1 Å². The summed E-state index contributed by atoms with van der Waals surface area (Å²) in [5.74, 6) is -0.259. The smallest absolute Gasteiger partial charge is 0.136 e. The zero-order chi connectivity index (χ0) is 12.6. The van der Waals surface area contributed by atoms with Crippen LogP contribution in [-0.2, 0) is 0 Å². The van der Waals surface area contributed by atoms with E-state index in [1.165, 1.54) is 6.07 Å². The Morgan fingerprint density at radius 3 is 2.18 bits per heavy atom. The molecule has 2 aromatic carbocycles. The molecule has 17 heavy (non-hydrogen) atoms. The molecule has 0 atom stereocenters. The van der Waals surface area contributed by atoms with Gasteiger partial charge in [-0.25, -0.2) is 4.39 Å². The summed E-state index contributed by atoms with van der Waals surface area (Å²) in [5.41, 5.74) is 1.54. The van der Waals surface area contributed by atoms with E-state index in [1.807, 2.05) is 22.6 Å². The van der Waals surface area contributed by atoms with E-state index in [2.05, 4.69) is 0 Å². The Hall–Kier alpha value is -0.0300. The van der Waals surface area contributed by atoms with Crippen LogP contribution in [0, 0.1) is 9.39 Å². The predicted molar refractivity (Wildman–Crippen MR) is 79.6 cm³/mol. The van der Waals surface area contributed by atoms with Gasteiger partial charge in [0.15, 0.2) is 0 Å². The van der Waals surface area contributed by atoms with E-state index in [0.29, 0.717) is 18.6 Å². The van der Waals surface area contributed by atoms with Crippen LogP contribution >= 0.6 is 57.4 Å². The lowest BCUT2D eigenvalue weighted by molar-refractivity contribution is 0.620. The van der Waals surface area contributed by atoms with Crippen LogP contribution in [-0.4, -0.2) is 0 Å². The van der Waals surface area contributed by atoms with Crippen molar-refractivity contribution in [2.45, 2.75) is 0 Å². The van der Waals surface area contributed by atoms with Crippen LogP contribution in [0.4, 0.5) is 4.39 Å². The molecule has 0 aromatic heterocycles. The zero-order valence-electron chi connectivity index (χ0n) is 8.28. The van der Waals surface area contributed by atoms with Gasteiger partial charge in [0, 0.05) is 14.2 Å². The van der Waals surface area contributed by atoms with E-state index >= 15 is 0 Å². The summed E-state index contributed by atoms with van der Waals surface area (Å²) in [6, 6.07) is 8.02. The molecule has 0 saturated carbocycles. The van der Waals surface area contributed by atoms with Gasteiger partial charge in [0.2, 0.25) is 0 Å². The van der Waals surface area contributed by atoms with Crippen LogP contribution in [0.3, 0.4) is 0 Å². The highest BCUT2D eigenvalue weighted by molar-refractivity contribution is 14.1. The fourth-order valence-electron chi connectivity index (χ4n) is 1.41. The average Bonchev–Trinajstić information content (AvgIpc) is 2.27. The highest BCUT2D eigenvalue weighted by Crippen LogP contribution is 2.35. The molecule has 5 heteroatoms. The molecule has 0 fully saturated rings. The van der Waals surface area contributed by atoms with Gasteiger partial charge in [-0.2, -0.15) is 0 Å². The number of hydrogen-bond donors (Lipinski definition) is 0. The van der Waals surface area contributed by atoms with Gasteiger partial charge in [0.05, 0.1) is 10.0 Å². The number of benzene rings is 2. The molecule has 0 aliphatic heterocycles. The van der Waals surface area contributed by atoms with E-state index in [1.54, 1.807) is 24.3 Å². The molecule has 88 valence electrons. The molecule has 0 unspecified atom stereocenters. The van der Waals surface area contributed by atoms with Crippen LogP contribution in [0.2, 0.25) is 15.1 Å². The van der Waals surface area contributed by atoms with Crippen LogP contribution < -0.4 is 0 Å². The third kappa shape index (κ3) is 2.87. The summed E-state index contributed by atoms with van der Waals surface area (Å²) in [4.78, 5) is 0. The minimum atomic E-state index is -0.259. The second kappa shape index (κ2) is 5.31. The Bertz CT molecular complexity index is 584. The van der Waals surface area contributed by atoms with Crippen LogP contribution in [0.15, 0.2) is 30.3 Å². The Balaban J connectivity index is 2.60. The van der Waals surface area contributed by atoms with Crippen molar-refractivity contribution < 1.29 is 4.39 Å². The molecular formula is C12H5Cl3FI. The zero-order valence-corrected chi connectivity index (χ0v) is 12.7. The number of rotatable bonds is 1. The van der Waals surface area contributed by atoms with Gasteiger partial charge in [0.25, 0.3) is 0 Å². The third-order valence-electron chi connectivity index (χ3n) is 2.24. The fourth-order valence-corrected chi connectivity index (χ4v) is 2.58. The topological polar surface area (TPSA) is 0 Å². The van der Waals surface area contributed by atoms with Crippen molar-refractivity contribution in [1.29, 1.82) is 0 Å². The summed E-state index contributed by atoms with van der Waals surface area (Å²) in [6.07, 6.45) is 0. The second-order valence-corrected chi connectivity index (χ2v) is 5.76. The standard InChI is InChI=1S/C12H5Cl3FI/c13-8-5-10(15)9(14)4-7(8)6-1-2-11(16)12(17)3-6/h1-5H. The second-order valence-electron chi connectivity index (χ2n) is 3.38. The molecule has 0 heterocycles. The van der Waals surface area contributed by atoms with Crippen molar-refractivity contribution in [3.05, 3.63) is 54.8 Å². The Morgan fingerprint density at radius 2 is 1.53 bits per heavy atom. The highest BCUT2D eigenvalue weighted by atomic mass is 127.